The molecule has 0 bridgehead atoms. The number of benzene rings is 1. The quantitative estimate of drug-likeness (QED) is 0.582. The van der Waals surface area contributed by atoms with Gasteiger partial charge in [-0.15, -0.1) is 10.2 Å². The summed E-state index contributed by atoms with van der Waals surface area (Å²) in [6.45, 7) is 1.90. The molecule has 6 nitrogen and oxygen atoms in total. The van der Waals surface area contributed by atoms with E-state index >= 15 is 0 Å². The van der Waals surface area contributed by atoms with E-state index in [-0.39, 0.29) is 22.6 Å². The molecule has 2 rings (SSSR count). The molecule has 1 heterocycles. The SMILES string of the molecule is CCCC(=O)Nc1ccc(C(=O)CSc2nnc(C(F)(F)F)n2C)cc1. The molecule has 1 aromatic heterocycles. The molecular formula is C16H17F3N4O2S. The Bertz CT molecular complexity index is 788. The third-order valence-electron chi connectivity index (χ3n) is 3.39. The number of hydrogen-bond donors (Lipinski definition) is 1. The van der Waals surface area contributed by atoms with Gasteiger partial charge in [0.2, 0.25) is 11.7 Å². The first kappa shape index (κ1) is 20.0. The van der Waals surface area contributed by atoms with Crippen molar-refractivity contribution in [3.63, 3.8) is 0 Å². The van der Waals surface area contributed by atoms with Crippen molar-refractivity contribution >= 4 is 29.1 Å². The monoisotopic (exact) mass is 386 g/mol. The van der Waals surface area contributed by atoms with Gasteiger partial charge in [0.25, 0.3) is 0 Å². The van der Waals surface area contributed by atoms with Gasteiger partial charge < -0.3 is 9.88 Å². The van der Waals surface area contributed by atoms with Crippen LogP contribution < -0.4 is 5.32 Å². The van der Waals surface area contributed by atoms with Gasteiger partial charge in [-0.25, -0.2) is 0 Å². The molecule has 0 fully saturated rings. The third kappa shape index (κ3) is 5.07. The second-order valence-corrected chi connectivity index (χ2v) is 6.39. The van der Waals surface area contributed by atoms with Crippen LogP contribution in [0.15, 0.2) is 29.4 Å². The maximum absolute atomic E-state index is 12.7. The summed E-state index contributed by atoms with van der Waals surface area (Å²) in [4.78, 5) is 23.7. The van der Waals surface area contributed by atoms with Crippen LogP contribution >= 0.6 is 11.8 Å². The first-order valence-corrected chi connectivity index (χ1v) is 8.73. The standard InChI is InChI=1S/C16H17F3N4O2S/c1-3-4-13(25)20-11-7-5-10(6-8-11)12(24)9-26-15-22-21-14(23(15)2)16(17,18)19/h5-8H,3-4,9H2,1-2H3,(H,20,25). The molecular weight excluding hydrogens is 369 g/mol. The van der Waals surface area contributed by atoms with Crippen LogP contribution in [-0.2, 0) is 18.0 Å². The van der Waals surface area contributed by atoms with Gasteiger partial charge >= 0.3 is 6.18 Å². The minimum Gasteiger partial charge on any atom is -0.326 e. The summed E-state index contributed by atoms with van der Waals surface area (Å²) in [6.07, 6.45) is -3.45. The minimum atomic E-state index is -4.59. The smallest absolute Gasteiger partial charge is 0.326 e. The van der Waals surface area contributed by atoms with Crippen molar-refractivity contribution < 1.29 is 22.8 Å². The fourth-order valence-corrected chi connectivity index (χ4v) is 2.90. The Balaban J connectivity index is 1.96. The van der Waals surface area contributed by atoms with Gasteiger partial charge in [-0.3, -0.25) is 9.59 Å². The van der Waals surface area contributed by atoms with E-state index in [0.717, 1.165) is 22.7 Å². The van der Waals surface area contributed by atoms with Crippen LogP contribution in [0, 0.1) is 0 Å². The Morgan fingerprint density at radius 2 is 1.85 bits per heavy atom. The van der Waals surface area contributed by atoms with E-state index < -0.39 is 12.0 Å². The predicted molar refractivity (Wildman–Crippen MR) is 91.0 cm³/mol. The maximum atomic E-state index is 12.7. The van der Waals surface area contributed by atoms with Crippen molar-refractivity contribution in [1.29, 1.82) is 0 Å². The van der Waals surface area contributed by atoms with E-state index in [0.29, 0.717) is 17.7 Å². The molecule has 2 aromatic rings. The number of ketones is 1. The molecule has 10 heteroatoms. The van der Waals surface area contributed by atoms with Crippen molar-refractivity contribution in [2.24, 2.45) is 7.05 Å². The second-order valence-electron chi connectivity index (χ2n) is 5.45. The molecule has 0 saturated carbocycles. The molecule has 1 N–H and O–H groups in total. The number of alkyl halides is 3. The molecule has 0 unspecified atom stereocenters. The van der Waals surface area contributed by atoms with E-state index in [2.05, 4.69) is 15.5 Å². The van der Waals surface area contributed by atoms with Gasteiger partial charge in [-0.1, -0.05) is 18.7 Å². The molecule has 0 aliphatic rings. The normalized spacial score (nSPS) is 11.4. The molecule has 0 aliphatic heterocycles. The summed E-state index contributed by atoms with van der Waals surface area (Å²) in [5, 5.41) is 9.29. The van der Waals surface area contributed by atoms with Crippen molar-refractivity contribution in [3.05, 3.63) is 35.7 Å². The highest BCUT2D eigenvalue weighted by Crippen LogP contribution is 2.29. The van der Waals surface area contributed by atoms with Crippen LogP contribution in [0.5, 0.6) is 0 Å². The van der Waals surface area contributed by atoms with Crippen LogP contribution in [0.25, 0.3) is 0 Å². The highest BCUT2D eigenvalue weighted by Gasteiger charge is 2.37. The molecule has 0 aliphatic carbocycles. The number of hydrogen-bond acceptors (Lipinski definition) is 5. The van der Waals surface area contributed by atoms with Gasteiger partial charge in [0.05, 0.1) is 5.75 Å². The first-order chi connectivity index (χ1) is 12.2. The maximum Gasteiger partial charge on any atom is 0.451 e. The number of carbonyl (C=O) groups is 2. The van der Waals surface area contributed by atoms with Crippen molar-refractivity contribution in [2.45, 2.75) is 31.1 Å². The third-order valence-corrected chi connectivity index (χ3v) is 4.41. The zero-order valence-corrected chi connectivity index (χ0v) is 14.9. The molecule has 1 aromatic carbocycles. The zero-order valence-electron chi connectivity index (χ0n) is 14.1. The van der Waals surface area contributed by atoms with Crippen LogP contribution in [0.4, 0.5) is 18.9 Å². The summed E-state index contributed by atoms with van der Waals surface area (Å²) in [6, 6.07) is 6.33. The Morgan fingerprint density at radius 1 is 1.19 bits per heavy atom. The van der Waals surface area contributed by atoms with E-state index in [1.54, 1.807) is 24.3 Å². The van der Waals surface area contributed by atoms with E-state index in [1.165, 1.54) is 7.05 Å². The van der Waals surface area contributed by atoms with Gasteiger partial charge in [-0.2, -0.15) is 13.2 Å². The minimum absolute atomic E-state index is 0.00845. The van der Waals surface area contributed by atoms with Crippen LogP contribution in [0.3, 0.4) is 0 Å². The number of nitrogens with one attached hydrogen (secondary N) is 1. The zero-order chi connectivity index (χ0) is 19.3. The van der Waals surface area contributed by atoms with Gasteiger partial charge in [0, 0.05) is 24.7 Å². The lowest BCUT2D eigenvalue weighted by Gasteiger charge is -2.07. The average Bonchev–Trinajstić information content (AvgIpc) is 2.94. The number of nitrogens with zero attached hydrogens (tertiary/aromatic N) is 3. The summed E-state index contributed by atoms with van der Waals surface area (Å²) in [5.41, 5.74) is 0.972. The number of halogens is 3. The number of aromatic nitrogens is 3. The number of carbonyl (C=O) groups excluding carboxylic acids is 2. The number of amides is 1. The number of Topliss-reactive ketones (excluding diaryl/α,β-unsaturated/α-hetero) is 1. The summed E-state index contributed by atoms with van der Waals surface area (Å²) in [7, 11) is 1.20. The molecule has 1 amide bonds. The molecule has 26 heavy (non-hydrogen) atoms. The lowest BCUT2D eigenvalue weighted by Crippen LogP contribution is -2.13. The van der Waals surface area contributed by atoms with E-state index in [1.807, 2.05) is 6.92 Å². The number of anilines is 1. The Morgan fingerprint density at radius 3 is 2.38 bits per heavy atom. The Kier molecular flexibility index (Phi) is 6.41. The second kappa shape index (κ2) is 8.35. The lowest BCUT2D eigenvalue weighted by atomic mass is 10.1. The molecule has 140 valence electrons. The van der Waals surface area contributed by atoms with E-state index in [4.69, 9.17) is 0 Å². The van der Waals surface area contributed by atoms with Gasteiger partial charge in [0.1, 0.15) is 0 Å². The highest BCUT2D eigenvalue weighted by atomic mass is 32.2. The summed E-state index contributed by atoms with van der Waals surface area (Å²) < 4.78 is 38.8. The fourth-order valence-electron chi connectivity index (χ4n) is 2.09. The average molecular weight is 386 g/mol. The molecule has 0 spiro atoms. The number of thioether (sulfide) groups is 1. The highest BCUT2D eigenvalue weighted by molar-refractivity contribution is 7.99. The molecule has 0 saturated heterocycles. The Hall–Kier alpha value is -2.36. The van der Waals surface area contributed by atoms with Crippen LogP contribution in [-0.4, -0.2) is 32.2 Å². The first-order valence-electron chi connectivity index (χ1n) is 7.75. The van der Waals surface area contributed by atoms with Crippen LogP contribution in [0.1, 0.15) is 35.9 Å². The topological polar surface area (TPSA) is 76.9 Å². The van der Waals surface area contributed by atoms with Crippen LogP contribution in [0.2, 0.25) is 0 Å². The summed E-state index contributed by atoms with van der Waals surface area (Å²) in [5.74, 6) is -1.56. The van der Waals surface area contributed by atoms with Crippen molar-refractivity contribution in [2.75, 3.05) is 11.1 Å². The van der Waals surface area contributed by atoms with E-state index in [9.17, 15) is 22.8 Å². The predicted octanol–water partition coefficient (Wildman–Crippen LogP) is 3.55. The Labute approximate surface area is 152 Å². The van der Waals surface area contributed by atoms with Gasteiger partial charge in [-0.05, 0) is 30.7 Å². The largest absolute Gasteiger partial charge is 0.451 e. The fraction of sp³-hybridized carbons (Fsp3) is 0.375. The van der Waals surface area contributed by atoms with Crippen molar-refractivity contribution in [1.82, 2.24) is 14.8 Å². The van der Waals surface area contributed by atoms with Crippen molar-refractivity contribution in [3.8, 4) is 0 Å². The lowest BCUT2D eigenvalue weighted by molar-refractivity contribution is -0.147. The molecule has 0 atom stereocenters. The summed E-state index contributed by atoms with van der Waals surface area (Å²) >= 11 is 0.878. The van der Waals surface area contributed by atoms with Gasteiger partial charge in [0.15, 0.2) is 10.9 Å². The molecule has 0 radical (unpaired) electrons. The number of rotatable bonds is 7.